The van der Waals surface area contributed by atoms with E-state index in [1.807, 2.05) is 0 Å². The maximum atomic E-state index is 13.3. The van der Waals surface area contributed by atoms with Crippen molar-refractivity contribution in [2.45, 2.75) is 37.5 Å². The van der Waals surface area contributed by atoms with Gasteiger partial charge in [-0.3, -0.25) is 4.84 Å². The van der Waals surface area contributed by atoms with Crippen molar-refractivity contribution in [2.75, 3.05) is 0 Å². The topological polar surface area (TPSA) is 30.5 Å². The van der Waals surface area contributed by atoms with Crippen molar-refractivity contribution in [3.05, 3.63) is 29.6 Å². The maximum absolute atomic E-state index is 13.3. The van der Waals surface area contributed by atoms with E-state index in [9.17, 15) is 4.39 Å². The lowest BCUT2D eigenvalue weighted by Crippen LogP contribution is -2.42. The van der Waals surface area contributed by atoms with Crippen LogP contribution in [-0.2, 0) is 4.84 Å². The molecule has 2 fully saturated rings. The normalized spacial score (nSPS) is 38.2. The van der Waals surface area contributed by atoms with Gasteiger partial charge < -0.3 is 4.74 Å². The number of ether oxygens (including phenoxy) is 1. The molecule has 0 unspecified atom stereocenters. The highest BCUT2D eigenvalue weighted by molar-refractivity contribution is 5.40. The van der Waals surface area contributed by atoms with E-state index in [0.717, 1.165) is 30.6 Å². The predicted molar refractivity (Wildman–Crippen MR) is 58.9 cm³/mol. The van der Waals surface area contributed by atoms with Gasteiger partial charge in [0.25, 0.3) is 0 Å². The van der Waals surface area contributed by atoms with Gasteiger partial charge in [0.1, 0.15) is 17.7 Å². The van der Waals surface area contributed by atoms with Crippen LogP contribution in [0.3, 0.4) is 0 Å². The van der Waals surface area contributed by atoms with Gasteiger partial charge in [0.15, 0.2) is 0 Å². The van der Waals surface area contributed by atoms with Crippen molar-refractivity contribution in [2.24, 2.45) is 5.92 Å². The summed E-state index contributed by atoms with van der Waals surface area (Å²) in [6.07, 6.45) is 3.71. The fourth-order valence-corrected chi connectivity index (χ4v) is 3.39. The Hall–Kier alpha value is -1.13. The summed E-state index contributed by atoms with van der Waals surface area (Å²) in [5.41, 5.74) is 3.97. The number of fused-ring (bicyclic) bond motifs is 2. The third kappa shape index (κ3) is 1.34. The average molecular weight is 235 g/mol. The van der Waals surface area contributed by atoms with Gasteiger partial charge in [-0.2, -0.15) is 5.48 Å². The van der Waals surface area contributed by atoms with E-state index in [0.29, 0.717) is 5.92 Å². The largest absolute Gasteiger partial charge is 0.490 e. The summed E-state index contributed by atoms with van der Waals surface area (Å²) >= 11 is 0. The third-order valence-electron chi connectivity index (χ3n) is 4.15. The van der Waals surface area contributed by atoms with E-state index in [1.165, 1.54) is 6.07 Å². The molecule has 2 heterocycles. The van der Waals surface area contributed by atoms with Gasteiger partial charge in [0.05, 0.1) is 12.1 Å². The van der Waals surface area contributed by atoms with Crippen LogP contribution in [0.5, 0.6) is 5.75 Å². The molecular formula is C13H14FNO2. The first-order valence-electron chi connectivity index (χ1n) is 6.20. The predicted octanol–water partition coefficient (Wildman–Crippen LogP) is 2.33. The quantitative estimate of drug-likeness (QED) is 0.748. The molecule has 0 aromatic heterocycles. The van der Waals surface area contributed by atoms with Crippen LogP contribution in [0.4, 0.5) is 4.39 Å². The minimum atomic E-state index is -0.216. The molecule has 0 amide bonds. The van der Waals surface area contributed by atoms with Gasteiger partial charge in [0, 0.05) is 11.5 Å². The first kappa shape index (κ1) is 9.85. The Morgan fingerprint density at radius 2 is 2.12 bits per heavy atom. The van der Waals surface area contributed by atoms with Gasteiger partial charge in [0.2, 0.25) is 0 Å². The Morgan fingerprint density at radius 3 is 3.06 bits per heavy atom. The standard InChI is InChI=1S/C13H14FNO2/c14-7-4-5-9-8(6-7)13-12-10(16-9)2-1-3-11(12)17-15-13/h4-6,10-13,15H,1-3H2/t10-,11+,12-,13-/m1/s1. The van der Waals surface area contributed by atoms with E-state index in [4.69, 9.17) is 9.57 Å². The number of hydroxylamine groups is 1. The fourth-order valence-electron chi connectivity index (χ4n) is 3.39. The zero-order valence-electron chi connectivity index (χ0n) is 9.36. The fraction of sp³-hybridized carbons (Fsp3) is 0.538. The lowest BCUT2D eigenvalue weighted by molar-refractivity contribution is -0.0210. The average Bonchev–Trinajstić information content (AvgIpc) is 2.77. The number of hydrogen-bond acceptors (Lipinski definition) is 3. The summed E-state index contributed by atoms with van der Waals surface area (Å²) in [7, 11) is 0. The van der Waals surface area contributed by atoms with Gasteiger partial charge in [-0.25, -0.2) is 4.39 Å². The molecule has 4 rings (SSSR count). The van der Waals surface area contributed by atoms with Crippen LogP contribution in [0.1, 0.15) is 30.9 Å². The molecule has 3 nitrogen and oxygen atoms in total. The van der Waals surface area contributed by atoms with Crippen molar-refractivity contribution >= 4 is 0 Å². The van der Waals surface area contributed by atoms with Crippen molar-refractivity contribution in [3.63, 3.8) is 0 Å². The Labute approximate surface area is 98.9 Å². The molecule has 4 heteroatoms. The summed E-state index contributed by atoms with van der Waals surface area (Å²) in [5, 5.41) is 0. The molecule has 1 N–H and O–H groups in total. The van der Waals surface area contributed by atoms with Crippen LogP contribution in [0, 0.1) is 11.7 Å². The zero-order chi connectivity index (χ0) is 11.4. The third-order valence-corrected chi connectivity index (χ3v) is 4.15. The number of halogens is 1. The second kappa shape index (κ2) is 3.43. The van der Waals surface area contributed by atoms with Crippen molar-refractivity contribution in [1.82, 2.24) is 5.48 Å². The SMILES string of the molecule is Fc1ccc2c(c1)[C@H]1NO[C@H]3CCC[C@@H](O2)[C@H]31. The Bertz CT molecular complexity index is 465. The van der Waals surface area contributed by atoms with E-state index in [-0.39, 0.29) is 24.1 Å². The highest BCUT2D eigenvalue weighted by Crippen LogP contribution is 2.48. The molecule has 0 spiro atoms. The van der Waals surface area contributed by atoms with Crippen LogP contribution in [0.25, 0.3) is 0 Å². The first-order chi connectivity index (χ1) is 8.33. The summed E-state index contributed by atoms with van der Waals surface area (Å²) in [4.78, 5) is 5.62. The Morgan fingerprint density at radius 1 is 1.24 bits per heavy atom. The number of hydrogen-bond donors (Lipinski definition) is 1. The van der Waals surface area contributed by atoms with Crippen LogP contribution in [0.15, 0.2) is 18.2 Å². The van der Waals surface area contributed by atoms with E-state index >= 15 is 0 Å². The molecule has 0 radical (unpaired) electrons. The monoisotopic (exact) mass is 235 g/mol. The van der Waals surface area contributed by atoms with Gasteiger partial charge in [-0.05, 0) is 37.5 Å². The van der Waals surface area contributed by atoms with Gasteiger partial charge in [-0.1, -0.05) is 0 Å². The molecule has 0 bridgehead atoms. The molecule has 17 heavy (non-hydrogen) atoms. The molecule has 1 aromatic carbocycles. The molecule has 1 saturated carbocycles. The molecule has 1 aromatic rings. The molecule has 3 aliphatic rings. The Balaban J connectivity index is 1.82. The van der Waals surface area contributed by atoms with Crippen molar-refractivity contribution < 1.29 is 14.0 Å². The highest BCUT2D eigenvalue weighted by Gasteiger charge is 2.49. The minimum absolute atomic E-state index is 0.0877. The second-order valence-electron chi connectivity index (χ2n) is 5.10. The lowest BCUT2D eigenvalue weighted by Gasteiger charge is -2.39. The first-order valence-corrected chi connectivity index (χ1v) is 6.20. The summed E-state index contributed by atoms with van der Waals surface area (Å²) in [6, 6.07) is 4.83. The van der Waals surface area contributed by atoms with Crippen molar-refractivity contribution in [3.8, 4) is 5.75 Å². The van der Waals surface area contributed by atoms with E-state index in [1.54, 1.807) is 12.1 Å². The zero-order valence-corrected chi connectivity index (χ0v) is 9.36. The van der Waals surface area contributed by atoms with Gasteiger partial charge >= 0.3 is 0 Å². The molecule has 1 saturated heterocycles. The molecule has 90 valence electrons. The van der Waals surface area contributed by atoms with Crippen LogP contribution in [0.2, 0.25) is 0 Å². The molecule has 2 aliphatic heterocycles. The van der Waals surface area contributed by atoms with Gasteiger partial charge in [-0.15, -0.1) is 0 Å². The summed E-state index contributed by atoms with van der Waals surface area (Å²) in [6.45, 7) is 0. The molecular weight excluding hydrogens is 221 g/mol. The lowest BCUT2D eigenvalue weighted by atomic mass is 9.76. The summed E-state index contributed by atoms with van der Waals surface area (Å²) in [5.74, 6) is 0.918. The summed E-state index contributed by atoms with van der Waals surface area (Å²) < 4.78 is 19.3. The van der Waals surface area contributed by atoms with Crippen LogP contribution < -0.4 is 10.2 Å². The number of nitrogens with one attached hydrogen (secondary N) is 1. The van der Waals surface area contributed by atoms with Crippen LogP contribution in [-0.4, -0.2) is 12.2 Å². The maximum Gasteiger partial charge on any atom is 0.124 e. The minimum Gasteiger partial charge on any atom is -0.490 e. The molecule has 4 atom stereocenters. The number of benzene rings is 1. The highest BCUT2D eigenvalue weighted by atomic mass is 19.1. The van der Waals surface area contributed by atoms with E-state index < -0.39 is 0 Å². The number of rotatable bonds is 0. The molecule has 1 aliphatic carbocycles. The smallest absolute Gasteiger partial charge is 0.124 e. The van der Waals surface area contributed by atoms with Crippen LogP contribution >= 0.6 is 0 Å². The Kier molecular flexibility index (Phi) is 1.99. The van der Waals surface area contributed by atoms with E-state index in [2.05, 4.69) is 5.48 Å². The van der Waals surface area contributed by atoms with Crippen molar-refractivity contribution in [1.29, 1.82) is 0 Å². The second-order valence-corrected chi connectivity index (χ2v) is 5.10.